The van der Waals surface area contributed by atoms with Gasteiger partial charge in [0.15, 0.2) is 5.78 Å². The van der Waals surface area contributed by atoms with E-state index in [1.54, 1.807) is 13.0 Å². The van der Waals surface area contributed by atoms with E-state index in [2.05, 4.69) is 0 Å². The van der Waals surface area contributed by atoms with E-state index < -0.39 is 14.9 Å². The van der Waals surface area contributed by atoms with E-state index in [9.17, 15) is 9.90 Å². The molecule has 0 radical (unpaired) electrons. The van der Waals surface area contributed by atoms with Gasteiger partial charge in [0.05, 0.1) is 0 Å². The van der Waals surface area contributed by atoms with Crippen molar-refractivity contribution in [3.63, 3.8) is 0 Å². The van der Waals surface area contributed by atoms with Gasteiger partial charge in [-0.2, -0.15) is 0 Å². The van der Waals surface area contributed by atoms with Crippen molar-refractivity contribution in [2.45, 2.75) is 65.5 Å². The zero-order chi connectivity index (χ0) is 16.8. The molecule has 0 aromatic heterocycles. The number of carbonyl (C=O) groups excluding carboxylic acids is 1. The van der Waals surface area contributed by atoms with Crippen molar-refractivity contribution in [2.24, 2.45) is 0 Å². The Morgan fingerprint density at radius 1 is 1.05 bits per heavy atom. The lowest BCUT2D eigenvalue weighted by Gasteiger charge is -2.30. The fourth-order valence-electron chi connectivity index (χ4n) is 1.85. The quantitative estimate of drug-likeness (QED) is 0.391. The molecule has 0 aliphatic carbocycles. The van der Waals surface area contributed by atoms with E-state index in [1.165, 1.54) is 6.08 Å². The van der Waals surface area contributed by atoms with Crippen LogP contribution in [0.15, 0.2) is 12.2 Å². The second kappa shape index (κ2) is 13.0. The zero-order valence-corrected chi connectivity index (χ0v) is 15.5. The Balaban J connectivity index is 4.79. The maximum absolute atomic E-state index is 11.7. The summed E-state index contributed by atoms with van der Waals surface area (Å²) >= 11 is 0. The molecule has 0 rings (SSSR count). The zero-order valence-electron chi connectivity index (χ0n) is 14.5. The van der Waals surface area contributed by atoms with Crippen molar-refractivity contribution >= 4 is 14.6 Å². The van der Waals surface area contributed by atoms with Crippen LogP contribution in [-0.2, 0) is 18.1 Å². The van der Waals surface area contributed by atoms with Gasteiger partial charge in [0, 0.05) is 25.9 Å². The minimum atomic E-state index is -2.83. The van der Waals surface area contributed by atoms with Gasteiger partial charge in [0.25, 0.3) is 0 Å². The molecule has 130 valence electrons. The lowest BCUT2D eigenvalue weighted by atomic mass is 10.2. The Hall–Kier alpha value is -0.533. The normalized spacial score (nSPS) is 13.7. The summed E-state index contributed by atoms with van der Waals surface area (Å²) in [6.45, 7) is 9.55. The average Bonchev–Trinajstić information content (AvgIpc) is 2.53. The fraction of sp³-hybridized carbons (Fsp3) is 0.812. The molecule has 0 saturated carbocycles. The molecule has 0 aromatic carbocycles. The van der Waals surface area contributed by atoms with E-state index >= 15 is 0 Å². The summed E-state index contributed by atoms with van der Waals surface area (Å²) in [6.07, 6.45) is 4.92. The number of allylic oxidation sites excluding steroid dienone is 1. The van der Waals surface area contributed by atoms with Crippen LogP contribution in [0, 0.1) is 0 Å². The summed E-state index contributed by atoms with van der Waals surface area (Å²) in [5.41, 5.74) is 0. The highest BCUT2D eigenvalue weighted by Gasteiger charge is 2.41. The summed E-state index contributed by atoms with van der Waals surface area (Å²) < 4.78 is 17.8. The smallest absolute Gasteiger partial charge is 0.385 e. The Bertz CT molecular complexity index is 298. The molecule has 0 amide bonds. The van der Waals surface area contributed by atoms with Gasteiger partial charge in [0.1, 0.15) is 6.10 Å². The lowest BCUT2D eigenvalue weighted by Crippen LogP contribution is -2.47. The van der Waals surface area contributed by atoms with Crippen molar-refractivity contribution in [3.8, 4) is 0 Å². The molecule has 1 unspecified atom stereocenters. The first-order valence-electron chi connectivity index (χ1n) is 8.31. The third-order valence-corrected chi connectivity index (χ3v) is 5.79. The summed E-state index contributed by atoms with van der Waals surface area (Å²) in [5, 5.41) is 9.94. The van der Waals surface area contributed by atoms with Crippen LogP contribution in [0.1, 0.15) is 53.4 Å². The molecule has 22 heavy (non-hydrogen) atoms. The van der Waals surface area contributed by atoms with Crippen molar-refractivity contribution in [3.05, 3.63) is 12.2 Å². The number of aliphatic hydroxyl groups excluding tert-OH is 1. The van der Waals surface area contributed by atoms with E-state index in [0.717, 1.165) is 19.3 Å². The largest absolute Gasteiger partial charge is 0.501 e. The Morgan fingerprint density at radius 2 is 1.50 bits per heavy atom. The van der Waals surface area contributed by atoms with Crippen molar-refractivity contribution in [2.75, 3.05) is 19.8 Å². The molecule has 0 aliphatic rings. The molecular weight excluding hydrogens is 300 g/mol. The van der Waals surface area contributed by atoms with E-state index in [0.29, 0.717) is 32.3 Å². The van der Waals surface area contributed by atoms with Crippen LogP contribution in [0.4, 0.5) is 0 Å². The van der Waals surface area contributed by atoms with Crippen LogP contribution in [-0.4, -0.2) is 45.6 Å². The average molecular weight is 333 g/mol. The van der Waals surface area contributed by atoms with Gasteiger partial charge in [-0.15, -0.1) is 0 Å². The van der Waals surface area contributed by atoms with Crippen LogP contribution in [0.2, 0.25) is 6.04 Å². The highest BCUT2D eigenvalue weighted by atomic mass is 28.4. The Kier molecular flexibility index (Phi) is 12.6. The maximum Gasteiger partial charge on any atom is 0.501 e. The maximum atomic E-state index is 11.7. The van der Waals surface area contributed by atoms with Gasteiger partial charge >= 0.3 is 8.80 Å². The van der Waals surface area contributed by atoms with Gasteiger partial charge in [-0.05, 0) is 38.7 Å². The van der Waals surface area contributed by atoms with Crippen LogP contribution in [0.5, 0.6) is 0 Å². The second-order valence-electron chi connectivity index (χ2n) is 5.19. The summed E-state index contributed by atoms with van der Waals surface area (Å²) in [7, 11) is -2.83. The van der Waals surface area contributed by atoms with Crippen molar-refractivity contribution in [1.82, 2.24) is 0 Å². The van der Waals surface area contributed by atoms with Crippen LogP contribution >= 0.6 is 0 Å². The molecule has 0 aliphatic heterocycles. The van der Waals surface area contributed by atoms with E-state index in [4.69, 9.17) is 13.3 Å². The summed E-state index contributed by atoms with van der Waals surface area (Å²) in [6, 6.07) is 0.456. The van der Waals surface area contributed by atoms with Gasteiger partial charge in [0.2, 0.25) is 0 Å². The van der Waals surface area contributed by atoms with Crippen LogP contribution < -0.4 is 0 Å². The highest BCUT2D eigenvalue weighted by Crippen LogP contribution is 2.21. The first-order valence-corrected chi connectivity index (χ1v) is 10.2. The minimum Gasteiger partial charge on any atom is -0.385 e. The standard InChI is InChI=1S/C16H32O5Si/c1-5-9-15(17)16(18)10-14-22(19-11-6-2,20-12-7-3)21-13-8-4/h5,9,16,18H,6-8,10-14H2,1-4H3. The first-order chi connectivity index (χ1) is 10.5. The van der Waals surface area contributed by atoms with Gasteiger partial charge in [-0.3, -0.25) is 4.79 Å². The van der Waals surface area contributed by atoms with Gasteiger partial charge in [-0.25, -0.2) is 0 Å². The molecule has 0 aromatic rings. The first kappa shape index (κ1) is 21.5. The number of aliphatic hydroxyl groups is 1. The molecule has 5 nitrogen and oxygen atoms in total. The molecule has 0 fully saturated rings. The molecule has 6 heteroatoms. The Morgan fingerprint density at radius 3 is 1.86 bits per heavy atom. The monoisotopic (exact) mass is 332 g/mol. The van der Waals surface area contributed by atoms with Crippen LogP contribution in [0.25, 0.3) is 0 Å². The molecule has 1 atom stereocenters. The molecule has 0 spiro atoms. The second-order valence-corrected chi connectivity index (χ2v) is 7.92. The third-order valence-electron chi connectivity index (χ3n) is 2.96. The number of rotatable bonds is 14. The van der Waals surface area contributed by atoms with Gasteiger partial charge in [-0.1, -0.05) is 26.8 Å². The SMILES string of the molecule is CC=CC(=O)C(O)CC[Si](OCCC)(OCCC)OCCC. The molecular formula is C16H32O5Si. The van der Waals surface area contributed by atoms with Crippen LogP contribution in [0.3, 0.4) is 0 Å². The molecule has 0 saturated heterocycles. The number of hydrogen-bond acceptors (Lipinski definition) is 5. The Labute approximate surface area is 136 Å². The van der Waals surface area contributed by atoms with E-state index in [-0.39, 0.29) is 5.78 Å². The molecule has 0 heterocycles. The van der Waals surface area contributed by atoms with Crippen molar-refractivity contribution < 1.29 is 23.2 Å². The predicted molar refractivity (Wildman–Crippen MR) is 89.7 cm³/mol. The number of hydrogen-bond donors (Lipinski definition) is 1. The van der Waals surface area contributed by atoms with Crippen molar-refractivity contribution in [1.29, 1.82) is 0 Å². The number of ketones is 1. The summed E-state index contributed by atoms with van der Waals surface area (Å²) in [5.74, 6) is -0.285. The summed E-state index contributed by atoms with van der Waals surface area (Å²) in [4.78, 5) is 11.7. The third kappa shape index (κ3) is 8.80. The number of carbonyl (C=O) groups is 1. The topological polar surface area (TPSA) is 65.0 Å². The molecule has 1 N–H and O–H groups in total. The van der Waals surface area contributed by atoms with Gasteiger partial charge < -0.3 is 18.4 Å². The highest BCUT2D eigenvalue weighted by molar-refractivity contribution is 6.60. The predicted octanol–water partition coefficient (Wildman–Crippen LogP) is 3.10. The fourth-order valence-corrected chi connectivity index (χ4v) is 4.70. The lowest BCUT2D eigenvalue weighted by molar-refractivity contribution is -0.122. The van der Waals surface area contributed by atoms with E-state index in [1.807, 2.05) is 20.8 Å². The minimum absolute atomic E-state index is 0.285. The molecule has 0 bridgehead atoms.